The highest BCUT2D eigenvalue weighted by atomic mass is 35.5. The summed E-state index contributed by atoms with van der Waals surface area (Å²) in [4.78, 5) is 0. The molecule has 20 heavy (non-hydrogen) atoms. The van der Waals surface area contributed by atoms with Crippen molar-refractivity contribution in [2.24, 2.45) is 5.73 Å². The molecule has 2 aromatic carbocycles. The summed E-state index contributed by atoms with van der Waals surface area (Å²) in [5, 5.41) is 8.34. The molecule has 0 unspecified atom stereocenters. The third-order valence-corrected chi connectivity index (χ3v) is 3.28. The first kappa shape index (κ1) is 14.4. The van der Waals surface area contributed by atoms with Crippen LogP contribution in [-0.2, 0) is 0 Å². The van der Waals surface area contributed by atoms with E-state index < -0.39 is 0 Å². The van der Waals surface area contributed by atoms with Crippen molar-refractivity contribution in [3.05, 3.63) is 57.6 Å². The van der Waals surface area contributed by atoms with Crippen molar-refractivity contribution < 1.29 is 4.74 Å². The van der Waals surface area contributed by atoms with Crippen molar-refractivity contribution in [1.29, 1.82) is 5.41 Å². The van der Waals surface area contributed by atoms with Crippen molar-refractivity contribution in [3.8, 4) is 11.5 Å². The number of benzene rings is 2. The summed E-state index contributed by atoms with van der Waals surface area (Å²) in [5.74, 6) is 1.32. The van der Waals surface area contributed by atoms with Gasteiger partial charge < -0.3 is 10.5 Å². The van der Waals surface area contributed by atoms with Crippen molar-refractivity contribution >= 4 is 17.4 Å². The molecule has 0 radical (unpaired) electrons. The van der Waals surface area contributed by atoms with Gasteiger partial charge in [-0.05, 0) is 56.2 Å². The highest BCUT2D eigenvalue weighted by Crippen LogP contribution is 2.33. The van der Waals surface area contributed by atoms with Gasteiger partial charge in [0.25, 0.3) is 0 Å². The van der Waals surface area contributed by atoms with E-state index in [1.165, 1.54) is 0 Å². The largest absolute Gasteiger partial charge is 0.456 e. The zero-order valence-corrected chi connectivity index (χ0v) is 12.5. The van der Waals surface area contributed by atoms with E-state index in [-0.39, 0.29) is 5.84 Å². The number of hydrogen-bond acceptors (Lipinski definition) is 2. The molecule has 2 rings (SSSR count). The lowest BCUT2D eigenvalue weighted by Crippen LogP contribution is -2.12. The second kappa shape index (κ2) is 5.55. The molecule has 2 aromatic rings. The van der Waals surface area contributed by atoms with Crippen LogP contribution < -0.4 is 10.5 Å². The number of aryl methyl sites for hydroxylation is 3. The van der Waals surface area contributed by atoms with Crippen LogP contribution in [0.3, 0.4) is 0 Å². The van der Waals surface area contributed by atoms with Crippen molar-refractivity contribution in [1.82, 2.24) is 0 Å². The van der Waals surface area contributed by atoms with Crippen LogP contribution in [0.5, 0.6) is 11.5 Å². The molecule has 0 spiro atoms. The summed E-state index contributed by atoms with van der Waals surface area (Å²) >= 11 is 6.02. The van der Waals surface area contributed by atoms with Gasteiger partial charge >= 0.3 is 0 Å². The summed E-state index contributed by atoms with van der Waals surface area (Å²) in [6, 6.07) is 9.32. The van der Waals surface area contributed by atoms with Gasteiger partial charge in [0.1, 0.15) is 17.3 Å². The van der Waals surface area contributed by atoms with Crippen LogP contribution in [0.25, 0.3) is 0 Å². The topological polar surface area (TPSA) is 59.1 Å². The Hall–Kier alpha value is -2.00. The lowest BCUT2D eigenvalue weighted by atomic mass is 10.1. The van der Waals surface area contributed by atoms with E-state index in [2.05, 4.69) is 0 Å². The zero-order chi connectivity index (χ0) is 14.9. The maximum absolute atomic E-state index is 7.66. The molecule has 0 saturated carbocycles. The minimum Gasteiger partial charge on any atom is -0.456 e. The highest BCUT2D eigenvalue weighted by Gasteiger charge is 2.12. The third-order valence-electron chi connectivity index (χ3n) is 3.06. The SMILES string of the molecule is Cc1ccc(Oc2c(C)cc(Cl)cc2C)c(C(=N)N)c1. The lowest BCUT2D eigenvalue weighted by Gasteiger charge is -2.15. The first-order valence-corrected chi connectivity index (χ1v) is 6.66. The van der Waals surface area contributed by atoms with Gasteiger partial charge in [-0.1, -0.05) is 23.2 Å². The van der Waals surface area contributed by atoms with Gasteiger partial charge in [0.05, 0.1) is 5.56 Å². The quantitative estimate of drug-likeness (QED) is 0.652. The molecule has 0 amide bonds. The minimum atomic E-state index is -0.00651. The molecule has 0 saturated heterocycles. The molecule has 0 bridgehead atoms. The molecule has 0 aliphatic heterocycles. The molecular weight excluding hydrogens is 272 g/mol. The molecule has 3 nitrogen and oxygen atoms in total. The fraction of sp³-hybridized carbons (Fsp3) is 0.188. The molecule has 0 fully saturated rings. The van der Waals surface area contributed by atoms with Gasteiger partial charge in [-0.25, -0.2) is 0 Å². The van der Waals surface area contributed by atoms with E-state index in [1.54, 1.807) is 0 Å². The van der Waals surface area contributed by atoms with E-state index in [0.717, 1.165) is 22.4 Å². The molecule has 3 N–H and O–H groups in total. The first-order valence-electron chi connectivity index (χ1n) is 6.28. The summed E-state index contributed by atoms with van der Waals surface area (Å²) < 4.78 is 5.96. The Balaban J connectivity index is 2.48. The Morgan fingerprint density at radius 1 is 1.10 bits per heavy atom. The number of nitrogen functional groups attached to an aromatic ring is 1. The first-order chi connectivity index (χ1) is 9.38. The van der Waals surface area contributed by atoms with Crippen LogP contribution in [0.2, 0.25) is 5.02 Å². The van der Waals surface area contributed by atoms with Crippen LogP contribution in [-0.4, -0.2) is 5.84 Å². The Labute approximate surface area is 123 Å². The number of amidine groups is 1. The maximum atomic E-state index is 7.66. The van der Waals surface area contributed by atoms with E-state index >= 15 is 0 Å². The average Bonchev–Trinajstić information content (AvgIpc) is 2.34. The number of halogens is 1. The summed E-state index contributed by atoms with van der Waals surface area (Å²) in [7, 11) is 0. The predicted molar refractivity (Wildman–Crippen MR) is 83.2 cm³/mol. The van der Waals surface area contributed by atoms with Crippen LogP contribution in [0.4, 0.5) is 0 Å². The highest BCUT2D eigenvalue weighted by molar-refractivity contribution is 6.30. The lowest BCUT2D eigenvalue weighted by molar-refractivity contribution is 0.474. The van der Waals surface area contributed by atoms with Crippen molar-refractivity contribution in [3.63, 3.8) is 0 Å². The molecule has 0 aliphatic carbocycles. The third kappa shape index (κ3) is 2.94. The number of nitrogens with one attached hydrogen (secondary N) is 1. The van der Waals surface area contributed by atoms with Crippen LogP contribution >= 0.6 is 11.6 Å². The second-order valence-corrected chi connectivity index (χ2v) is 5.32. The number of rotatable bonds is 3. The number of nitrogens with two attached hydrogens (primary N) is 1. The fourth-order valence-corrected chi connectivity index (χ4v) is 2.44. The molecule has 0 aromatic heterocycles. The Morgan fingerprint density at radius 3 is 2.25 bits per heavy atom. The molecule has 0 atom stereocenters. The smallest absolute Gasteiger partial charge is 0.138 e. The van der Waals surface area contributed by atoms with Crippen LogP contribution in [0.1, 0.15) is 22.3 Å². The van der Waals surface area contributed by atoms with E-state index in [4.69, 9.17) is 27.5 Å². The second-order valence-electron chi connectivity index (χ2n) is 4.88. The number of ether oxygens (including phenoxy) is 1. The van der Waals surface area contributed by atoms with E-state index in [9.17, 15) is 0 Å². The summed E-state index contributed by atoms with van der Waals surface area (Å²) in [5.41, 5.74) is 9.15. The van der Waals surface area contributed by atoms with Gasteiger partial charge in [-0.15, -0.1) is 0 Å². The van der Waals surface area contributed by atoms with E-state index in [1.807, 2.05) is 51.1 Å². The van der Waals surface area contributed by atoms with Crippen molar-refractivity contribution in [2.75, 3.05) is 0 Å². The van der Waals surface area contributed by atoms with Gasteiger partial charge in [0.2, 0.25) is 0 Å². The van der Waals surface area contributed by atoms with Gasteiger partial charge in [0, 0.05) is 5.02 Å². The zero-order valence-electron chi connectivity index (χ0n) is 11.8. The molecule has 104 valence electrons. The predicted octanol–water partition coefficient (Wildman–Crippen LogP) is 4.34. The maximum Gasteiger partial charge on any atom is 0.138 e. The molecule has 4 heteroatoms. The van der Waals surface area contributed by atoms with Crippen LogP contribution in [0.15, 0.2) is 30.3 Å². The van der Waals surface area contributed by atoms with E-state index in [0.29, 0.717) is 16.3 Å². The normalized spacial score (nSPS) is 10.4. The molecular formula is C16H17ClN2O. The standard InChI is InChI=1S/C16H17ClN2O/c1-9-4-5-14(13(6-9)16(18)19)20-15-10(2)7-12(17)8-11(15)3/h4-8H,1-3H3,(H3,18,19). The Morgan fingerprint density at radius 2 is 1.70 bits per heavy atom. The summed E-state index contributed by atoms with van der Waals surface area (Å²) in [6.07, 6.45) is 0. The summed E-state index contributed by atoms with van der Waals surface area (Å²) in [6.45, 7) is 5.83. The number of hydrogen-bond donors (Lipinski definition) is 2. The Kier molecular flexibility index (Phi) is 4.00. The van der Waals surface area contributed by atoms with Gasteiger partial charge in [-0.2, -0.15) is 0 Å². The van der Waals surface area contributed by atoms with Crippen molar-refractivity contribution in [2.45, 2.75) is 20.8 Å². The monoisotopic (exact) mass is 288 g/mol. The molecule has 0 aliphatic rings. The molecule has 0 heterocycles. The van der Waals surface area contributed by atoms with Gasteiger partial charge in [-0.3, -0.25) is 5.41 Å². The minimum absolute atomic E-state index is 0.00651. The fourth-order valence-electron chi connectivity index (χ4n) is 2.11. The van der Waals surface area contributed by atoms with Gasteiger partial charge in [0.15, 0.2) is 0 Å². The Bertz CT molecular complexity index is 657. The average molecular weight is 289 g/mol. The van der Waals surface area contributed by atoms with Crippen LogP contribution in [0, 0.1) is 26.2 Å².